The van der Waals surface area contributed by atoms with E-state index in [2.05, 4.69) is 0 Å². The molecule has 0 amide bonds. The van der Waals surface area contributed by atoms with Crippen molar-refractivity contribution < 1.29 is 8.60 Å². The lowest BCUT2D eigenvalue weighted by molar-refractivity contribution is 0.626. The summed E-state index contributed by atoms with van der Waals surface area (Å²) in [5.74, 6) is 0.0100. The smallest absolute Gasteiger partial charge is 0.123 e. The van der Waals surface area contributed by atoms with Gasteiger partial charge in [0.05, 0.1) is 21.4 Å². The SMILES string of the molecule is Cc1cc(F)ccc1CS(=O)c1ccc(Cl)cc1N. The van der Waals surface area contributed by atoms with Crippen LogP contribution < -0.4 is 5.73 Å². The van der Waals surface area contributed by atoms with Crippen molar-refractivity contribution in [3.63, 3.8) is 0 Å². The Labute approximate surface area is 118 Å². The largest absolute Gasteiger partial charge is 0.398 e. The average Bonchev–Trinajstić information content (AvgIpc) is 2.32. The molecule has 0 aliphatic heterocycles. The molecule has 0 aromatic heterocycles. The molecular weight excluding hydrogens is 285 g/mol. The first-order chi connectivity index (χ1) is 8.97. The Hall–Kier alpha value is -1.39. The Morgan fingerprint density at radius 1 is 1.26 bits per heavy atom. The number of anilines is 1. The molecule has 0 aliphatic rings. The molecule has 0 fully saturated rings. The van der Waals surface area contributed by atoms with Gasteiger partial charge in [0.1, 0.15) is 5.82 Å². The van der Waals surface area contributed by atoms with E-state index in [0.717, 1.165) is 11.1 Å². The molecule has 2 N–H and O–H groups in total. The van der Waals surface area contributed by atoms with Crippen LogP contribution in [0.1, 0.15) is 11.1 Å². The first kappa shape index (κ1) is 14.0. The third-order valence-electron chi connectivity index (χ3n) is 2.81. The van der Waals surface area contributed by atoms with Crippen LogP contribution in [-0.4, -0.2) is 4.21 Å². The van der Waals surface area contributed by atoms with Crippen molar-refractivity contribution in [3.8, 4) is 0 Å². The van der Waals surface area contributed by atoms with E-state index in [-0.39, 0.29) is 5.82 Å². The van der Waals surface area contributed by atoms with Crippen LogP contribution >= 0.6 is 11.6 Å². The monoisotopic (exact) mass is 297 g/mol. The van der Waals surface area contributed by atoms with Gasteiger partial charge in [0.25, 0.3) is 0 Å². The van der Waals surface area contributed by atoms with Gasteiger partial charge < -0.3 is 5.73 Å². The Bertz CT molecular complexity index is 645. The molecule has 5 heteroatoms. The zero-order chi connectivity index (χ0) is 14.0. The van der Waals surface area contributed by atoms with E-state index in [0.29, 0.717) is 21.4 Å². The molecule has 2 nitrogen and oxygen atoms in total. The summed E-state index contributed by atoms with van der Waals surface area (Å²) in [6, 6.07) is 9.33. The fourth-order valence-corrected chi connectivity index (χ4v) is 3.25. The minimum atomic E-state index is -1.28. The van der Waals surface area contributed by atoms with Crippen LogP contribution in [-0.2, 0) is 16.6 Å². The maximum Gasteiger partial charge on any atom is 0.123 e. The summed E-state index contributed by atoms with van der Waals surface area (Å²) in [7, 11) is -1.28. The van der Waals surface area contributed by atoms with Gasteiger partial charge in [0.15, 0.2) is 0 Å². The molecule has 100 valence electrons. The lowest BCUT2D eigenvalue weighted by Gasteiger charge is -2.08. The average molecular weight is 298 g/mol. The lowest BCUT2D eigenvalue weighted by Crippen LogP contribution is -2.02. The predicted molar refractivity (Wildman–Crippen MR) is 77.1 cm³/mol. The summed E-state index contributed by atoms with van der Waals surface area (Å²) in [6.45, 7) is 1.79. The van der Waals surface area contributed by atoms with Gasteiger partial charge in [-0.3, -0.25) is 4.21 Å². The Morgan fingerprint density at radius 3 is 2.63 bits per heavy atom. The van der Waals surface area contributed by atoms with Gasteiger partial charge in [0.2, 0.25) is 0 Å². The minimum Gasteiger partial charge on any atom is -0.398 e. The molecule has 0 saturated carbocycles. The van der Waals surface area contributed by atoms with Crippen molar-refractivity contribution in [2.75, 3.05) is 5.73 Å². The van der Waals surface area contributed by atoms with Crippen LogP contribution in [0.15, 0.2) is 41.3 Å². The zero-order valence-corrected chi connectivity index (χ0v) is 11.9. The first-order valence-electron chi connectivity index (χ1n) is 5.66. The maximum atomic E-state index is 13.0. The second-order valence-electron chi connectivity index (χ2n) is 4.24. The molecule has 1 atom stereocenters. The van der Waals surface area contributed by atoms with E-state index in [1.165, 1.54) is 12.1 Å². The fourth-order valence-electron chi connectivity index (χ4n) is 1.77. The standard InChI is InChI=1S/C14H13ClFNOS/c1-9-6-12(16)4-2-10(9)8-19(18)14-5-3-11(15)7-13(14)17/h2-7H,8,17H2,1H3. The van der Waals surface area contributed by atoms with Crippen LogP contribution in [0.3, 0.4) is 0 Å². The van der Waals surface area contributed by atoms with Gasteiger partial charge in [-0.2, -0.15) is 0 Å². The van der Waals surface area contributed by atoms with E-state index in [4.69, 9.17) is 17.3 Å². The van der Waals surface area contributed by atoms with Crippen molar-refractivity contribution in [1.82, 2.24) is 0 Å². The number of aryl methyl sites for hydroxylation is 1. The molecule has 2 aromatic rings. The number of benzene rings is 2. The van der Waals surface area contributed by atoms with E-state index in [1.54, 1.807) is 31.2 Å². The molecule has 0 radical (unpaired) electrons. The molecular formula is C14H13ClFNOS. The summed E-state index contributed by atoms with van der Waals surface area (Å²) in [4.78, 5) is 0.549. The summed E-state index contributed by atoms with van der Waals surface area (Å²) >= 11 is 5.80. The topological polar surface area (TPSA) is 43.1 Å². The molecule has 1 unspecified atom stereocenters. The van der Waals surface area contributed by atoms with Crippen molar-refractivity contribution in [2.45, 2.75) is 17.6 Å². The second kappa shape index (κ2) is 5.72. The summed E-state index contributed by atoms with van der Waals surface area (Å²) in [5, 5.41) is 0.510. The van der Waals surface area contributed by atoms with E-state index in [9.17, 15) is 8.60 Å². The minimum absolute atomic E-state index is 0.293. The van der Waals surface area contributed by atoms with Crippen molar-refractivity contribution >= 4 is 28.1 Å². The number of rotatable bonds is 3. The van der Waals surface area contributed by atoms with Gasteiger partial charge in [-0.25, -0.2) is 4.39 Å². The van der Waals surface area contributed by atoms with Crippen LogP contribution in [0.5, 0.6) is 0 Å². The zero-order valence-electron chi connectivity index (χ0n) is 10.3. The number of nitrogen functional groups attached to an aromatic ring is 1. The number of halogens is 2. The molecule has 2 aromatic carbocycles. The lowest BCUT2D eigenvalue weighted by atomic mass is 10.1. The summed E-state index contributed by atoms with van der Waals surface area (Å²) < 4.78 is 25.3. The van der Waals surface area contributed by atoms with E-state index in [1.807, 2.05) is 0 Å². The third kappa shape index (κ3) is 3.33. The molecule has 0 saturated heterocycles. The van der Waals surface area contributed by atoms with Gasteiger partial charge >= 0.3 is 0 Å². The molecule has 0 heterocycles. The first-order valence-corrected chi connectivity index (χ1v) is 7.35. The highest BCUT2D eigenvalue weighted by Gasteiger charge is 2.11. The normalized spacial score (nSPS) is 12.4. The molecule has 19 heavy (non-hydrogen) atoms. The maximum absolute atomic E-state index is 13.0. The number of hydrogen-bond donors (Lipinski definition) is 1. The number of nitrogens with two attached hydrogens (primary N) is 1. The Balaban J connectivity index is 2.25. The second-order valence-corrected chi connectivity index (χ2v) is 6.10. The van der Waals surface area contributed by atoms with Crippen molar-refractivity contribution in [3.05, 3.63) is 58.4 Å². The van der Waals surface area contributed by atoms with Crippen LogP contribution in [0.25, 0.3) is 0 Å². The highest BCUT2D eigenvalue weighted by Crippen LogP contribution is 2.24. The molecule has 0 bridgehead atoms. The van der Waals surface area contributed by atoms with Crippen LogP contribution in [0.4, 0.5) is 10.1 Å². The van der Waals surface area contributed by atoms with E-state index < -0.39 is 10.8 Å². The van der Waals surface area contributed by atoms with Gasteiger partial charge in [-0.1, -0.05) is 17.7 Å². The fraction of sp³-hybridized carbons (Fsp3) is 0.143. The quantitative estimate of drug-likeness (QED) is 0.878. The number of hydrogen-bond acceptors (Lipinski definition) is 2. The highest BCUT2D eigenvalue weighted by atomic mass is 35.5. The van der Waals surface area contributed by atoms with Crippen molar-refractivity contribution in [1.29, 1.82) is 0 Å². The van der Waals surface area contributed by atoms with Gasteiger partial charge in [-0.15, -0.1) is 0 Å². The van der Waals surface area contributed by atoms with E-state index >= 15 is 0 Å². The predicted octanol–water partition coefficient (Wildman–Crippen LogP) is 3.68. The molecule has 0 aliphatic carbocycles. The Kier molecular flexibility index (Phi) is 4.22. The highest BCUT2D eigenvalue weighted by molar-refractivity contribution is 7.84. The van der Waals surface area contributed by atoms with Crippen LogP contribution in [0, 0.1) is 12.7 Å². The Morgan fingerprint density at radius 2 is 2.00 bits per heavy atom. The van der Waals surface area contributed by atoms with Crippen molar-refractivity contribution in [2.24, 2.45) is 0 Å². The van der Waals surface area contributed by atoms with Crippen LogP contribution in [0.2, 0.25) is 5.02 Å². The molecule has 0 spiro atoms. The summed E-state index contributed by atoms with van der Waals surface area (Å²) in [6.07, 6.45) is 0. The summed E-state index contributed by atoms with van der Waals surface area (Å²) in [5.41, 5.74) is 7.83. The van der Waals surface area contributed by atoms with Gasteiger partial charge in [0, 0.05) is 10.7 Å². The third-order valence-corrected chi connectivity index (χ3v) is 4.48. The van der Waals surface area contributed by atoms with Gasteiger partial charge in [-0.05, 0) is 48.4 Å². The molecule has 2 rings (SSSR count).